The van der Waals surface area contributed by atoms with Crippen molar-refractivity contribution in [3.63, 3.8) is 0 Å². The number of rotatable bonds is 11. The summed E-state index contributed by atoms with van der Waals surface area (Å²) in [7, 11) is -3.97. The Morgan fingerprint density at radius 1 is 0.872 bits per heavy atom. The molecule has 0 fully saturated rings. The molecule has 0 aliphatic heterocycles. The summed E-state index contributed by atoms with van der Waals surface area (Å²) in [4.78, 5) is 28.9. The van der Waals surface area contributed by atoms with Crippen LogP contribution in [0.25, 0.3) is 0 Å². The second-order valence-electron chi connectivity index (χ2n) is 9.39. The number of sulfonamides is 1. The van der Waals surface area contributed by atoms with Crippen LogP contribution < -0.4 is 9.62 Å². The molecule has 0 aromatic heterocycles. The Balaban J connectivity index is 2.08. The molecule has 11 heteroatoms. The van der Waals surface area contributed by atoms with E-state index in [0.717, 1.165) is 16.1 Å². The highest BCUT2D eigenvalue weighted by Gasteiger charge is 2.33. The van der Waals surface area contributed by atoms with Crippen molar-refractivity contribution in [1.29, 1.82) is 0 Å². The van der Waals surface area contributed by atoms with E-state index >= 15 is 0 Å². The molecule has 2 amide bonds. The standard InChI is InChI=1S/C28H30Cl3N3O4S/c1-19(2)32-28(36)26(15-20-8-5-4-6-9-20)33(17-21-10-7-11-22(29)14-21)27(35)18-34(39(3,37)38)25-16-23(30)12-13-24(25)31/h4-14,16,19,26H,15,17-18H2,1-3H3,(H,32,36)/t26-/m1/s1. The number of nitrogens with zero attached hydrogens (tertiary/aromatic N) is 2. The smallest absolute Gasteiger partial charge is 0.244 e. The summed E-state index contributed by atoms with van der Waals surface area (Å²) in [6, 6.07) is 19.5. The third kappa shape index (κ3) is 8.86. The first-order valence-corrected chi connectivity index (χ1v) is 15.1. The number of carbonyl (C=O) groups is 2. The van der Waals surface area contributed by atoms with Crippen molar-refractivity contribution in [3.8, 4) is 0 Å². The van der Waals surface area contributed by atoms with Crippen molar-refractivity contribution in [2.75, 3.05) is 17.1 Å². The Kier molecular flexibility index (Phi) is 10.7. The van der Waals surface area contributed by atoms with Gasteiger partial charge in [-0.1, -0.05) is 77.3 Å². The largest absolute Gasteiger partial charge is 0.352 e. The van der Waals surface area contributed by atoms with Crippen LogP contribution in [-0.2, 0) is 32.6 Å². The normalized spacial score (nSPS) is 12.2. The van der Waals surface area contributed by atoms with Gasteiger partial charge in [-0.3, -0.25) is 13.9 Å². The van der Waals surface area contributed by atoms with Gasteiger partial charge in [-0.25, -0.2) is 8.42 Å². The minimum absolute atomic E-state index is 0.0172. The number of amides is 2. The molecule has 0 heterocycles. The minimum Gasteiger partial charge on any atom is -0.352 e. The Morgan fingerprint density at radius 2 is 1.51 bits per heavy atom. The third-order valence-electron chi connectivity index (χ3n) is 5.80. The molecule has 0 saturated carbocycles. The van der Waals surface area contributed by atoms with Crippen LogP contribution in [0.4, 0.5) is 5.69 Å². The van der Waals surface area contributed by atoms with E-state index in [-0.39, 0.29) is 40.6 Å². The Bertz CT molecular complexity index is 1420. The fraction of sp³-hybridized carbons (Fsp3) is 0.286. The van der Waals surface area contributed by atoms with Crippen molar-refractivity contribution >= 4 is 62.3 Å². The van der Waals surface area contributed by atoms with Gasteiger partial charge in [0.25, 0.3) is 0 Å². The molecule has 0 aliphatic rings. The zero-order valence-corrected chi connectivity index (χ0v) is 24.9. The molecule has 1 N–H and O–H groups in total. The highest BCUT2D eigenvalue weighted by molar-refractivity contribution is 7.92. The molecule has 0 unspecified atom stereocenters. The van der Waals surface area contributed by atoms with Gasteiger partial charge in [0.2, 0.25) is 21.8 Å². The number of benzene rings is 3. The first-order valence-electron chi connectivity index (χ1n) is 12.2. The van der Waals surface area contributed by atoms with Crippen molar-refractivity contribution in [2.45, 2.75) is 38.9 Å². The first kappa shape index (κ1) is 30.8. The molecule has 0 bridgehead atoms. The number of anilines is 1. The van der Waals surface area contributed by atoms with Gasteiger partial charge in [-0.05, 0) is 55.3 Å². The van der Waals surface area contributed by atoms with Crippen LogP contribution in [-0.4, -0.2) is 50.0 Å². The maximum Gasteiger partial charge on any atom is 0.244 e. The molecular formula is C28H30Cl3N3O4S. The fourth-order valence-corrected chi connectivity index (χ4v) is 5.54. The predicted molar refractivity (Wildman–Crippen MR) is 158 cm³/mol. The molecule has 208 valence electrons. The molecule has 0 spiro atoms. The van der Waals surface area contributed by atoms with Gasteiger partial charge >= 0.3 is 0 Å². The molecule has 7 nitrogen and oxygen atoms in total. The van der Waals surface area contributed by atoms with Crippen molar-refractivity contribution in [1.82, 2.24) is 10.2 Å². The highest BCUT2D eigenvalue weighted by Crippen LogP contribution is 2.31. The monoisotopic (exact) mass is 609 g/mol. The lowest BCUT2D eigenvalue weighted by atomic mass is 10.0. The van der Waals surface area contributed by atoms with E-state index in [1.54, 1.807) is 24.3 Å². The van der Waals surface area contributed by atoms with E-state index in [0.29, 0.717) is 10.6 Å². The Labute approximate surface area is 244 Å². The van der Waals surface area contributed by atoms with E-state index < -0.39 is 28.5 Å². The second kappa shape index (κ2) is 13.5. The van der Waals surface area contributed by atoms with Gasteiger partial charge in [0.1, 0.15) is 12.6 Å². The summed E-state index contributed by atoms with van der Waals surface area (Å²) in [6.07, 6.45) is 1.19. The predicted octanol–water partition coefficient (Wildman–Crippen LogP) is 5.58. The Hall–Kier alpha value is -2.78. The van der Waals surface area contributed by atoms with Gasteiger partial charge < -0.3 is 10.2 Å². The van der Waals surface area contributed by atoms with Crippen LogP contribution in [0.15, 0.2) is 72.8 Å². The molecule has 0 saturated heterocycles. The van der Waals surface area contributed by atoms with Crippen LogP contribution in [0.5, 0.6) is 0 Å². The van der Waals surface area contributed by atoms with Gasteiger partial charge in [0.05, 0.1) is 17.0 Å². The maximum absolute atomic E-state index is 14.0. The van der Waals surface area contributed by atoms with E-state index in [1.807, 2.05) is 44.2 Å². The summed E-state index contributed by atoms with van der Waals surface area (Å²) in [5.74, 6) is -0.966. The second-order valence-corrected chi connectivity index (χ2v) is 12.6. The SMILES string of the molecule is CC(C)NC(=O)[C@@H](Cc1ccccc1)N(Cc1cccc(Cl)c1)C(=O)CN(c1cc(Cl)ccc1Cl)S(C)(=O)=O. The summed E-state index contributed by atoms with van der Waals surface area (Å²) < 4.78 is 26.6. The van der Waals surface area contributed by atoms with Crippen molar-refractivity contribution < 1.29 is 18.0 Å². The quantitative estimate of drug-likeness (QED) is 0.307. The zero-order chi connectivity index (χ0) is 28.7. The zero-order valence-electron chi connectivity index (χ0n) is 21.8. The number of carbonyl (C=O) groups excluding carboxylic acids is 2. The van der Waals surface area contributed by atoms with E-state index in [4.69, 9.17) is 34.8 Å². The first-order chi connectivity index (χ1) is 18.3. The Morgan fingerprint density at radius 3 is 2.13 bits per heavy atom. The average Bonchev–Trinajstić information content (AvgIpc) is 2.85. The van der Waals surface area contributed by atoms with Crippen LogP contribution in [0.1, 0.15) is 25.0 Å². The van der Waals surface area contributed by atoms with E-state index in [2.05, 4.69) is 5.32 Å². The van der Waals surface area contributed by atoms with Gasteiger partial charge in [-0.15, -0.1) is 0 Å². The molecule has 3 aromatic carbocycles. The van der Waals surface area contributed by atoms with Gasteiger partial charge in [0, 0.05) is 29.1 Å². The molecule has 1 atom stereocenters. The van der Waals surface area contributed by atoms with E-state index in [9.17, 15) is 18.0 Å². The number of nitrogens with one attached hydrogen (secondary N) is 1. The van der Waals surface area contributed by atoms with Crippen LogP contribution >= 0.6 is 34.8 Å². The lowest BCUT2D eigenvalue weighted by Gasteiger charge is -2.34. The summed E-state index contributed by atoms with van der Waals surface area (Å²) in [5, 5.41) is 3.73. The lowest BCUT2D eigenvalue weighted by molar-refractivity contribution is -0.140. The van der Waals surface area contributed by atoms with E-state index in [1.165, 1.54) is 23.1 Å². The molecule has 0 aliphatic carbocycles. The van der Waals surface area contributed by atoms with Crippen molar-refractivity contribution in [3.05, 3.63) is 99.0 Å². The number of hydrogen-bond acceptors (Lipinski definition) is 4. The lowest BCUT2D eigenvalue weighted by Crippen LogP contribution is -2.54. The highest BCUT2D eigenvalue weighted by atomic mass is 35.5. The molecule has 0 radical (unpaired) electrons. The minimum atomic E-state index is -3.97. The maximum atomic E-state index is 14.0. The summed E-state index contributed by atoms with van der Waals surface area (Å²) in [6.45, 7) is 3.07. The van der Waals surface area contributed by atoms with Gasteiger partial charge in [-0.2, -0.15) is 0 Å². The van der Waals surface area contributed by atoms with Crippen LogP contribution in [0.2, 0.25) is 15.1 Å². The fourth-order valence-electron chi connectivity index (χ4n) is 4.04. The van der Waals surface area contributed by atoms with Crippen LogP contribution in [0, 0.1) is 0 Å². The van der Waals surface area contributed by atoms with Gasteiger partial charge in [0.15, 0.2) is 0 Å². The summed E-state index contributed by atoms with van der Waals surface area (Å²) in [5.41, 5.74) is 1.58. The number of halogens is 3. The number of hydrogen-bond donors (Lipinski definition) is 1. The topological polar surface area (TPSA) is 86.8 Å². The molecular weight excluding hydrogens is 581 g/mol. The van der Waals surface area contributed by atoms with Crippen LogP contribution in [0.3, 0.4) is 0 Å². The molecule has 3 rings (SSSR count). The summed E-state index contributed by atoms with van der Waals surface area (Å²) >= 11 is 18.6. The van der Waals surface area contributed by atoms with Crippen molar-refractivity contribution in [2.24, 2.45) is 0 Å². The molecule has 3 aromatic rings. The average molecular weight is 611 g/mol. The third-order valence-corrected chi connectivity index (χ3v) is 7.72. The molecule has 39 heavy (non-hydrogen) atoms.